The van der Waals surface area contributed by atoms with Crippen LogP contribution >= 0.6 is 0 Å². The normalized spacial score (nSPS) is 10.6. The van der Waals surface area contributed by atoms with Gasteiger partial charge in [0.15, 0.2) is 5.78 Å². The average Bonchev–Trinajstić information content (AvgIpc) is 2.46. The zero-order chi connectivity index (χ0) is 14.4. The Balaban J connectivity index is 1.89. The van der Waals surface area contributed by atoms with E-state index in [1.807, 2.05) is 68.4 Å². The highest BCUT2D eigenvalue weighted by molar-refractivity contribution is 5.96. The summed E-state index contributed by atoms with van der Waals surface area (Å²) in [6, 6.07) is 17.4. The summed E-state index contributed by atoms with van der Waals surface area (Å²) in [6.45, 7) is 4.01. The molecular weight excluding hydrogens is 248 g/mol. The van der Waals surface area contributed by atoms with Crippen LogP contribution in [0.5, 0.6) is 5.75 Å². The molecule has 0 aliphatic heterocycles. The second-order valence-corrected chi connectivity index (χ2v) is 5.10. The van der Waals surface area contributed by atoms with Crippen molar-refractivity contribution in [3.8, 4) is 5.75 Å². The second kappa shape index (κ2) is 6.90. The van der Waals surface area contributed by atoms with E-state index in [4.69, 9.17) is 4.74 Å². The number of ether oxygens (including phenoxy) is 1. The molecule has 2 aromatic rings. The molecule has 20 heavy (non-hydrogen) atoms. The van der Waals surface area contributed by atoms with Gasteiger partial charge in [-0.1, -0.05) is 42.5 Å². The fourth-order valence-corrected chi connectivity index (χ4v) is 2.03. The summed E-state index contributed by atoms with van der Waals surface area (Å²) in [5.74, 6) is 1.06. The number of carbonyl (C=O) groups is 1. The van der Waals surface area contributed by atoms with Crippen molar-refractivity contribution in [2.75, 3.05) is 0 Å². The molecule has 0 atom stereocenters. The fourth-order valence-electron chi connectivity index (χ4n) is 2.03. The summed E-state index contributed by atoms with van der Waals surface area (Å²) < 4.78 is 5.60. The van der Waals surface area contributed by atoms with E-state index in [1.165, 1.54) is 0 Å². The molecule has 0 aliphatic carbocycles. The van der Waals surface area contributed by atoms with E-state index in [0.29, 0.717) is 6.42 Å². The molecule has 2 aromatic carbocycles. The van der Waals surface area contributed by atoms with Gasteiger partial charge in [-0.3, -0.25) is 4.79 Å². The lowest BCUT2D eigenvalue weighted by molar-refractivity contribution is 0.0983. The Bertz CT molecular complexity index is 541. The van der Waals surface area contributed by atoms with Gasteiger partial charge in [0.1, 0.15) is 5.75 Å². The number of carbonyl (C=O) groups excluding carboxylic acids is 1. The summed E-state index contributed by atoms with van der Waals surface area (Å²) in [6.07, 6.45) is 1.48. The van der Waals surface area contributed by atoms with Crippen molar-refractivity contribution in [1.29, 1.82) is 0 Å². The molecule has 2 heteroatoms. The smallest absolute Gasteiger partial charge is 0.163 e. The van der Waals surface area contributed by atoms with Crippen LogP contribution < -0.4 is 4.74 Å². The molecule has 0 N–H and O–H groups in total. The van der Waals surface area contributed by atoms with Gasteiger partial charge >= 0.3 is 0 Å². The van der Waals surface area contributed by atoms with Crippen LogP contribution in [0.2, 0.25) is 0 Å². The SMILES string of the molecule is CC(C)Oc1ccc(CCC(=O)c2ccccc2)cc1. The Morgan fingerprint density at radius 3 is 2.25 bits per heavy atom. The third-order valence-electron chi connectivity index (χ3n) is 3.03. The Morgan fingerprint density at radius 2 is 1.65 bits per heavy atom. The highest BCUT2D eigenvalue weighted by atomic mass is 16.5. The van der Waals surface area contributed by atoms with Crippen LogP contribution in [0.15, 0.2) is 54.6 Å². The van der Waals surface area contributed by atoms with Gasteiger partial charge in [0.25, 0.3) is 0 Å². The van der Waals surface area contributed by atoms with Crippen LogP contribution in [-0.4, -0.2) is 11.9 Å². The van der Waals surface area contributed by atoms with Crippen molar-refractivity contribution in [2.45, 2.75) is 32.8 Å². The maximum Gasteiger partial charge on any atom is 0.163 e. The number of aryl methyl sites for hydroxylation is 1. The van der Waals surface area contributed by atoms with Gasteiger partial charge in [0.05, 0.1) is 6.10 Å². The zero-order valence-electron chi connectivity index (χ0n) is 12.0. The number of ketones is 1. The lowest BCUT2D eigenvalue weighted by Crippen LogP contribution is -2.05. The standard InChI is InChI=1S/C18H20O2/c1-14(2)20-17-11-8-15(9-12-17)10-13-18(19)16-6-4-3-5-7-16/h3-9,11-12,14H,10,13H2,1-2H3. The first kappa shape index (κ1) is 14.3. The van der Waals surface area contributed by atoms with Gasteiger partial charge in [-0.25, -0.2) is 0 Å². The van der Waals surface area contributed by atoms with Crippen LogP contribution in [0.1, 0.15) is 36.2 Å². The van der Waals surface area contributed by atoms with Crippen molar-refractivity contribution < 1.29 is 9.53 Å². The predicted octanol–water partition coefficient (Wildman–Crippen LogP) is 4.29. The molecule has 0 saturated carbocycles. The van der Waals surface area contributed by atoms with Crippen molar-refractivity contribution >= 4 is 5.78 Å². The minimum absolute atomic E-state index is 0.181. The Hall–Kier alpha value is -2.09. The molecule has 0 spiro atoms. The van der Waals surface area contributed by atoms with E-state index in [1.54, 1.807) is 0 Å². The maximum absolute atomic E-state index is 12.0. The molecule has 2 nitrogen and oxygen atoms in total. The highest BCUT2D eigenvalue weighted by Gasteiger charge is 2.05. The first-order chi connectivity index (χ1) is 9.65. The highest BCUT2D eigenvalue weighted by Crippen LogP contribution is 2.15. The average molecular weight is 268 g/mol. The summed E-state index contributed by atoms with van der Waals surface area (Å²) in [4.78, 5) is 12.0. The van der Waals surface area contributed by atoms with Crippen LogP contribution in [0, 0.1) is 0 Å². The fraction of sp³-hybridized carbons (Fsp3) is 0.278. The molecular formula is C18H20O2. The van der Waals surface area contributed by atoms with Gasteiger partial charge < -0.3 is 4.74 Å². The van der Waals surface area contributed by atoms with Crippen molar-refractivity contribution in [2.24, 2.45) is 0 Å². The van der Waals surface area contributed by atoms with Crippen molar-refractivity contribution in [3.63, 3.8) is 0 Å². The summed E-state index contributed by atoms with van der Waals surface area (Å²) in [5, 5.41) is 0. The van der Waals surface area contributed by atoms with E-state index >= 15 is 0 Å². The Labute approximate surface area is 120 Å². The molecule has 0 amide bonds. The van der Waals surface area contributed by atoms with E-state index in [-0.39, 0.29) is 11.9 Å². The number of hydrogen-bond acceptors (Lipinski definition) is 2. The van der Waals surface area contributed by atoms with E-state index < -0.39 is 0 Å². The molecule has 0 unspecified atom stereocenters. The van der Waals surface area contributed by atoms with Gasteiger partial charge in [-0.2, -0.15) is 0 Å². The van der Waals surface area contributed by atoms with Gasteiger partial charge in [-0.05, 0) is 38.0 Å². The minimum atomic E-state index is 0.181. The van der Waals surface area contributed by atoms with E-state index in [0.717, 1.165) is 23.3 Å². The Morgan fingerprint density at radius 1 is 1.00 bits per heavy atom. The molecule has 0 aromatic heterocycles. The molecule has 0 fully saturated rings. The number of rotatable bonds is 6. The molecule has 0 saturated heterocycles. The van der Waals surface area contributed by atoms with Crippen LogP contribution in [0.4, 0.5) is 0 Å². The third-order valence-corrected chi connectivity index (χ3v) is 3.03. The predicted molar refractivity (Wildman–Crippen MR) is 81.3 cm³/mol. The number of Topliss-reactive ketones (excluding diaryl/α,β-unsaturated/α-hetero) is 1. The topological polar surface area (TPSA) is 26.3 Å². The first-order valence-electron chi connectivity index (χ1n) is 6.99. The lowest BCUT2D eigenvalue weighted by atomic mass is 10.0. The van der Waals surface area contributed by atoms with Crippen molar-refractivity contribution in [3.05, 3.63) is 65.7 Å². The van der Waals surface area contributed by atoms with Crippen LogP contribution in [-0.2, 0) is 6.42 Å². The first-order valence-corrected chi connectivity index (χ1v) is 6.99. The monoisotopic (exact) mass is 268 g/mol. The quantitative estimate of drug-likeness (QED) is 0.730. The van der Waals surface area contributed by atoms with Crippen LogP contribution in [0.25, 0.3) is 0 Å². The molecule has 104 valence electrons. The molecule has 0 bridgehead atoms. The van der Waals surface area contributed by atoms with Gasteiger partial charge in [0, 0.05) is 12.0 Å². The lowest BCUT2D eigenvalue weighted by Gasteiger charge is -2.10. The van der Waals surface area contributed by atoms with Crippen LogP contribution in [0.3, 0.4) is 0 Å². The summed E-state index contributed by atoms with van der Waals surface area (Å²) >= 11 is 0. The molecule has 0 aliphatic rings. The zero-order valence-corrected chi connectivity index (χ0v) is 12.0. The second-order valence-electron chi connectivity index (χ2n) is 5.10. The van der Waals surface area contributed by atoms with E-state index in [9.17, 15) is 4.79 Å². The maximum atomic E-state index is 12.0. The van der Waals surface area contributed by atoms with Gasteiger partial charge in [0.2, 0.25) is 0 Å². The molecule has 2 rings (SSSR count). The summed E-state index contributed by atoms with van der Waals surface area (Å²) in [7, 11) is 0. The van der Waals surface area contributed by atoms with Gasteiger partial charge in [-0.15, -0.1) is 0 Å². The largest absolute Gasteiger partial charge is 0.491 e. The number of benzene rings is 2. The van der Waals surface area contributed by atoms with Crippen molar-refractivity contribution in [1.82, 2.24) is 0 Å². The minimum Gasteiger partial charge on any atom is -0.491 e. The summed E-state index contributed by atoms with van der Waals surface area (Å²) in [5.41, 5.74) is 1.94. The molecule has 0 heterocycles. The third kappa shape index (κ3) is 4.23. The number of hydrogen-bond donors (Lipinski definition) is 0. The van der Waals surface area contributed by atoms with E-state index in [2.05, 4.69) is 0 Å². The Kier molecular flexibility index (Phi) is 4.94. The molecule has 0 radical (unpaired) electrons.